The standard InChI is InChI=1S/C14H16FN3O4S/c1-7(23(19,20)12-6-14(2,3)22-17-12)13-8-4-9(15)10(16)5-11(8)21-18-13/h4-5,7H,6,16H2,1-3H3. The molecule has 1 atom stereocenters. The summed E-state index contributed by atoms with van der Waals surface area (Å²) >= 11 is 0. The van der Waals surface area contributed by atoms with E-state index in [-0.39, 0.29) is 33.8 Å². The number of oxime groups is 1. The largest absolute Gasteiger partial charge is 0.396 e. The Labute approximate surface area is 132 Å². The molecule has 7 nitrogen and oxygen atoms in total. The van der Waals surface area contributed by atoms with E-state index < -0.39 is 26.5 Å². The zero-order valence-corrected chi connectivity index (χ0v) is 13.6. The van der Waals surface area contributed by atoms with Crippen molar-refractivity contribution in [2.75, 3.05) is 5.73 Å². The highest BCUT2D eigenvalue weighted by Gasteiger charge is 2.40. The van der Waals surface area contributed by atoms with Gasteiger partial charge in [0.05, 0.1) is 5.69 Å². The van der Waals surface area contributed by atoms with Crippen LogP contribution in [0.2, 0.25) is 0 Å². The number of fused-ring (bicyclic) bond motifs is 1. The summed E-state index contributed by atoms with van der Waals surface area (Å²) in [5, 5.41) is 6.62. The number of aromatic nitrogens is 1. The SMILES string of the molecule is CC(c1noc2cc(N)c(F)cc12)S(=O)(=O)C1=NOC(C)(C)C1. The van der Waals surface area contributed by atoms with Gasteiger partial charge in [0.25, 0.3) is 0 Å². The fourth-order valence-electron chi connectivity index (χ4n) is 2.39. The minimum Gasteiger partial charge on any atom is -0.396 e. The monoisotopic (exact) mass is 341 g/mol. The van der Waals surface area contributed by atoms with E-state index in [1.54, 1.807) is 13.8 Å². The molecule has 0 radical (unpaired) electrons. The third kappa shape index (κ3) is 2.54. The summed E-state index contributed by atoms with van der Waals surface area (Å²) in [5.74, 6) is -0.658. The second-order valence-corrected chi connectivity index (χ2v) is 8.41. The number of halogens is 1. The lowest BCUT2D eigenvalue weighted by Gasteiger charge is -2.14. The number of benzene rings is 1. The molecule has 1 aliphatic rings. The van der Waals surface area contributed by atoms with Gasteiger partial charge in [-0.2, -0.15) is 0 Å². The van der Waals surface area contributed by atoms with Gasteiger partial charge in [-0.15, -0.1) is 0 Å². The lowest BCUT2D eigenvalue weighted by Crippen LogP contribution is -2.25. The number of hydrogen-bond donors (Lipinski definition) is 1. The zero-order valence-electron chi connectivity index (χ0n) is 12.8. The van der Waals surface area contributed by atoms with Crippen molar-refractivity contribution in [1.82, 2.24) is 5.16 Å². The molecule has 3 rings (SSSR count). The van der Waals surface area contributed by atoms with Crippen molar-refractivity contribution < 1.29 is 22.2 Å². The maximum Gasteiger partial charge on any atom is 0.203 e. The first-order valence-corrected chi connectivity index (χ1v) is 8.50. The van der Waals surface area contributed by atoms with Gasteiger partial charge in [0.2, 0.25) is 9.84 Å². The molecule has 23 heavy (non-hydrogen) atoms. The highest BCUT2D eigenvalue weighted by molar-refractivity contribution is 8.06. The molecule has 0 fully saturated rings. The van der Waals surface area contributed by atoms with Crippen molar-refractivity contribution >= 4 is 31.5 Å². The molecule has 0 amide bonds. The predicted octanol–water partition coefficient (Wildman–Crippen LogP) is 2.54. The summed E-state index contributed by atoms with van der Waals surface area (Å²) in [4.78, 5) is 5.12. The van der Waals surface area contributed by atoms with Crippen molar-refractivity contribution in [3.63, 3.8) is 0 Å². The number of nitrogens with two attached hydrogens (primary N) is 1. The van der Waals surface area contributed by atoms with Gasteiger partial charge in [-0.25, -0.2) is 12.8 Å². The second-order valence-electron chi connectivity index (χ2n) is 6.14. The highest BCUT2D eigenvalue weighted by atomic mass is 32.2. The van der Waals surface area contributed by atoms with E-state index in [0.29, 0.717) is 0 Å². The van der Waals surface area contributed by atoms with Crippen LogP contribution in [0.25, 0.3) is 11.0 Å². The van der Waals surface area contributed by atoms with Crippen molar-refractivity contribution in [3.05, 3.63) is 23.6 Å². The third-order valence-electron chi connectivity index (χ3n) is 3.77. The number of anilines is 1. The van der Waals surface area contributed by atoms with Crippen LogP contribution < -0.4 is 5.73 Å². The van der Waals surface area contributed by atoms with Gasteiger partial charge >= 0.3 is 0 Å². The van der Waals surface area contributed by atoms with Crippen molar-refractivity contribution in [3.8, 4) is 0 Å². The average Bonchev–Trinajstić information content (AvgIpc) is 3.02. The second kappa shape index (κ2) is 4.92. The minimum absolute atomic E-state index is 0.0536. The maximum absolute atomic E-state index is 13.7. The molecule has 0 saturated carbocycles. The van der Waals surface area contributed by atoms with Crippen LogP contribution >= 0.6 is 0 Å². The molecular weight excluding hydrogens is 325 g/mol. The van der Waals surface area contributed by atoms with Crippen LogP contribution in [-0.4, -0.2) is 24.2 Å². The van der Waals surface area contributed by atoms with E-state index in [0.717, 1.165) is 6.07 Å². The van der Waals surface area contributed by atoms with Gasteiger partial charge in [0, 0.05) is 17.9 Å². The Morgan fingerprint density at radius 2 is 2.09 bits per heavy atom. The molecule has 0 bridgehead atoms. The topological polar surface area (TPSA) is 108 Å². The predicted molar refractivity (Wildman–Crippen MR) is 82.9 cm³/mol. The summed E-state index contributed by atoms with van der Waals surface area (Å²) in [6.45, 7) is 4.94. The van der Waals surface area contributed by atoms with Crippen molar-refractivity contribution in [1.29, 1.82) is 0 Å². The molecule has 1 aromatic heterocycles. The van der Waals surface area contributed by atoms with Crippen LogP contribution in [0.4, 0.5) is 10.1 Å². The van der Waals surface area contributed by atoms with Crippen molar-refractivity contribution in [2.45, 2.75) is 38.0 Å². The quantitative estimate of drug-likeness (QED) is 0.841. The van der Waals surface area contributed by atoms with Crippen molar-refractivity contribution in [2.24, 2.45) is 5.16 Å². The molecule has 1 aliphatic heterocycles. The fraction of sp³-hybridized carbons (Fsp3) is 0.429. The molecule has 0 aliphatic carbocycles. The summed E-state index contributed by atoms with van der Waals surface area (Å²) in [6, 6.07) is 2.40. The highest BCUT2D eigenvalue weighted by Crippen LogP contribution is 2.35. The lowest BCUT2D eigenvalue weighted by atomic mass is 10.1. The number of rotatable bonds is 2. The minimum atomic E-state index is -3.80. The van der Waals surface area contributed by atoms with Gasteiger partial charge in [-0.05, 0) is 26.8 Å². The van der Waals surface area contributed by atoms with E-state index in [1.165, 1.54) is 13.0 Å². The Balaban J connectivity index is 2.04. The molecule has 2 aromatic rings. The van der Waals surface area contributed by atoms with Gasteiger partial charge in [-0.1, -0.05) is 10.3 Å². The van der Waals surface area contributed by atoms with E-state index in [4.69, 9.17) is 15.1 Å². The van der Waals surface area contributed by atoms with Crippen LogP contribution in [0.15, 0.2) is 21.8 Å². The van der Waals surface area contributed by atoms with E-state index in [9.17, 15) is 12.8 Å². The fourth-order valence-corrected chi connectivity index (χ4v) is 3.95. The first-order chi connectivity index (χ1) is 10.6. The Morgan fingerprint density at radius 3 is 2.70 bits per heavy atom. The Bertz CT molecular complexity index is 917. The van der Waals surface area contributed by atoms with Gasteiger partial charge in [0.1, 0.15) is 22.4 Å². The molecule has 1 aromatic carbocycles. The van der Waals surface area contributed by atoms with Crippen LogP contribution in [0.1, 0.15) is 38.1 Å². The molecule has 124 valence electrons. The number of nitrogens with zero attached hydrogens (tertiary/aromatic N) is 2. The number of hydrogen-bond acceptors (Lipinski definition) is 7. The zero-order chi connectivity index (χ0) is 17.0. The van der Waals surface area contributed by atoms with E-state index in [1.807, 2.05) is 0 Å². The van der Waals surface area contributed by atoms with E-state index in [2.05, 4.69) is 10.3 Å². The molecule has 1 unspecified atom stereocenters. The van der Waals surface area contributed by atoms with Gasteiger partial charge < -0.3 is 15.1 Å². The first-order valence-electron chi connectivity index (χ1n) is 6.95. The molecule has 2 heterocycles. The normalized spacial score (nSPS) is 18.7. The average molecular weight is 341 g/mol. The third-order valence-corrected chi connectivity index (χ3v) is 5.80. The summed E-state index contributed by atoms with van der Waals surface area (Å²) < 4.78 is 44.2. The summed E-state index contributed by atoms with van der Waals surface area (Å²) in [6.07, 6.45) is 0.163. The number of nitrogen functional groups attached to an aromatic ring is 1. The van der Waals surface area contributed by atoms with Crippen LogP contribution in [0.3, 0.4) is 0 Å². The van der Waals surface area contributed by atoms with Crippen LogP contribution in [0, 0.1) is 5.82 Å². The van der Waals surface area contributed by atoms with E-state index >= 15 is 0 Å². The first kappa shape index (κ1) is 15.7. The Kier molecular flexibility index (Phi) is 3.36. The molecule has 2 N–H and O–H groups in total. The molecule has 0 spiro atoms. The smallest absolute Gasteiger partial charge is 0.203 e. The summed E-state index contributed by atoms with van der Waals surface area (Å²) in [7, 11) is -3.80. The lowest BCUT2D eigenvalue weighted by molar-refractivity contribution is 0.0123. The maximum atomic E-state index is 13.7. The molecular formula is C14H16FN3O4S. The number of sulfone groups is 1. The van der Waals surface area contributed by atoms with Crippen LogP contribution in [0.5, 0.6) is 0 Å². The van der Waals surface area contributed by atoms with Crippen LogP contribution in [-0.2, 0) is 14.7 Å². The van der Waals surface area contributed by atoms with Gasteiger partial charge in [-0.3, -0.25) is 0 Å². The molecule has 0 saturated heterocycles. The summed E-state index contributed by atoms with van der Waals surface area (Å²) in [5.41, 5.74) is 5.05. The Hall–Kier alpha value is -2.16. The Morgan fingerprint density at radius 1 is 1.39 bits per heavy atom. The molecule has 9 heteroatoms. The van der Waals surface area contributed by atoms with Gasteiger partial charge in [0.15, 0.2) is 10.6 Å².